The highest BCUT2D eigenvalue weighted by molar-refractivity contribution is 5.80. The first kappa shape index (κ1) is 18.3. The van der Waals surface area contributed by atoms with Gasteiger partial charge in [-0.25, -0.2) is 0 Å². The number of piperidine rings is 1. The van der Waals surface area contributed by atoms with E-state index in [1.807, 2.05) is 0 Å². The number of rotatable bonds is 3. The van der Waals surface area contributed by atoms with E-state index < -0.39 is 17.8 Å². The van der Waals surface area contributed by atoms with Gasteiger partial charge in [0.1, 0.15) is 6.04 Å². The topological polar surface area (TPSA) is 63.9 Å². The summed E-state index contributed by atoms with van der Waals surface area (Å²) in [7, 11) is 0. The fraction of sp³-hybridized carbons (Fsp3) is 0.529. The second kappa shape index (κ2) is 7.05. The van der Waals surface area contributed by atoms with Gasteiger partial charge in [0, 0.05) is 18.7 Å². The van der Waals surface area contributed by atoms with Gasteiger partial charge in [-0.15, -0.1) is 10.2 Å². The minimum absolute atomic E-state index is 0.0583. The molecule has 26 heavy (non-hydrogen) atoms. The van der Waals surface area contributed by atoms with Crippen molar-refractivity contribution in [3.8, 4) is 11.4 Å². The Bertz CT molecular complexity index is 781. The molecule has 1 amide bonds. The molecule has 0 unspecified atom stereocenters. The first-order valence-electron chi connectivity index (χ1n) is 8.51. The zero-order valence-corrected chi connectivity index (χ0v) is 14.6. The van der Waals surface area contributed by atoms with Crippen LogP contribution in [0.3, 0.4) is 0 Å². The summed E-state index contributed by atoms with van der Waals surface area (Å²) in [6.07, 6.45) is -2.53. The third kappa shape index (κ3) is 3.86. The van der Waals surface area contributed by atoms with Crippen LogP contribution >= 0.6 is 0 Å². The van der Waals surface area contributed by atoms with Gasteiger partial charge in [-0.1, -0.05) is 19.1 Å². The fourth-order valence-corrected chi connectivity index (χ4v) is 2.93. The number of carbonyl (C=O) groups excluding carboxylic acids is 1. The molecular formula is C17H20F3N5O. The summed E-state index contributed by atoms with van der Waals surface area (Å²) >= 11 is 0. The zero-order chi connectivity index (χ0) is 18.9. The molecule has 1 saturated heterocycles. The lowest BCUT2D eigenvalue weighted by Gasteiger charge is -2.31. The molecule has 9 heteroatoms. The molecule has 2 heterocycles. The van der Waals surface area contributed by atoms with Crippen molar-refractivity contribution in [1.29, 1.82) is 0 Å². The third-order valence-corrected chi connectivity index (χ3v) is 4.68. The lowest BCUT2D eigenvalue weighted by molar-refractivity contribution is -0.137. The Morgan fingerprint density at radius 1 is 1.27 bits per heavy atom. The zero-order valence-electron chi connectivity index (χ0n) is 14.6. The molecule has 0 bridgehead atoms. The van der Waals surface area contributed by atoms with E-state index in [4.69, 9.17) is 0 Å². The van der Waals surface area contributed by atoms with Crippen molar-refractivity contribution in [3.63, 3.8) is 0 Å². The van der Waals surface area contributed by atoms with Crippen molar-refractivity contribution in [1.82, 2.24) is 25.1 Å². The summed E-state index contributed by atoms with van der Waals surface area (Å²) in [6.45, 7) is 5.21. The molecule has 1 aliphatic heterocycles. The average molecular weight is 367 g/mol. The number of hydrogen-bond donors (Lipinski definition) is 0. The molecule has 1 aromatic carbocycles. The highest BCUT2D eigenvalue weighted by atomic mass is 19.4. The molecule has 140 valence electrons. The number of carbonyl (C=O) groups is 1. The monoisotopic (exact) mass is 367 g/mol. The van der Waals surface area contributed by atoms with Crippen molar-refractivity contribution in [2.24, 2.45) is 5.92 Å². The van der Waals surface area contributed by atoms with Gasteiger partial charge in [-0.2, -0.15) is 18.0 Å². The standard InChI is InChI=1S/C17H20F3N5O/c1-11-6-8-24(9-7-11)16(26)12(2)25-22-15(21-23-25)13-4-3-5-14(10-13)17(18,19)20/h3-5,10-12H,6-9H2,1-2H3/t12-/m0/s1. The van der Waals surface area contributed by atoms with Gasteiger partial charge in [-0.3, -0.25) is 4.79 Å². The quantitative estimate of drug-likeness (QED) is 0.836. The fourth-order valence-electron chi connectivity index (χ4n) is 2.93. The number of nitrogens with zero attached hydrogens (tertiary/aromatic N) is 5. The van der Waals surface area contributed by atoms with E-state index in [1.165, 1.54) is 12.1 Å². The highest BCUT2D eigenvalue weighted by Gasteiger charge is 2.31. The summed E-state index contributed by atoms with van der Waals surface area (Å²) in [5, 5.41) is 11.8. The van der Waals surface area contributed by atoms with Crippen LogP contribution in [-0.2, 0) is 11.0 Å². The summed E-state index contributed by atoms with van der Waals surface area (Å²) in [4.78, 5) is 15.5. The predicted molar refractivity (Wildman–Crippen MR) is 87.9 cm³/mol. The van der Waals surface area contributed by atoms with Crippen molar-refractivity contribution in [2.45, 2.75) is 38.9 Å². The maximum absolute atomic E-state index is 12.8. The Morgan fingerprint density at radius 3 is 2.62 bits per heavy atom. The smallest absolute Gasteiger partial charge is 0.341 e. The first-order valence-corrected chi connectivity index (χ1v) is 8.51. The van der Waals surface area contributed by atoms with E-state index in [0.29, 0.717) is 19.0 Å². The predicted octanol–water partition coefficient (Wildman–Crippen LogP) is 3.18. The van der Waals surface area contributed by atoms with Crippen LogP contribution in [-0.4, -0.2) is 44.1 Å². The normalized spacial score (nSPS) is 17.3. The van der Waals surface area contributed by atoms with Gasteiger partial charge in [0.05, 0.1) is 5.56 Å². The summed E-state index contributed by atoms with van der Waals surface area (Å²) in [5.74, 6) is 0.555. The van der Waals surface area contributed by atoms with E-state index >= 15 is 0 Å². The van der Waals surface area contributed by atoms with Gasteiger partial charge in [0.15, 0.2) is 0 Å². The van der Waals surface area contributed by atoms with E-state index in [0.717, 1.165) is 29.8 Å². The van der Waals surface area contributed by atoms with E-state index in [-0.39, 0.29) is 17.3 Å². The number of hydrogen-bond acceptors (Lipinski definition) is 4. The van der Waals surface area contributed by atoms with Crippen molar-refractivity contribution in [3.05, 3.63) is 29.8 Å². The van der Waals surface area contributed by atoms with Crippen LogP contribution in [0, 0.1) is 5.92 Å². The minimum Gasteiger partial charge on any atom is -0.341 e. The third-order valence-electron chi connectivity index (χ3n) is 4.68. The number of halogens is 3. The molecule has 1 fully saturated rings. The van der Waals surface area contributed by atoms with Crippen molar-refractivity contribution >= 4 is 5.91 Å². The molecule has 0 radical (unpaired) electrons. The van der Waals surface area contributed by atoms with E-state index in [9.17, 15) is 18.0 Å². The van der Waals surface area contributed by atoms with Crippen molar-refractivity contribution in [2.75, 3.05) is 13.1 Å². The van der Waals surface area contributed by atoms with E-state index in [1.54, 1.807) is 11.8 Å². The maximum Gasteiger partial charge on any atom is 0.416 e. The largest absolute Gasteiger partial charge is 0.416 e. The number of likely N-dealkylation sites (tertiary alicyclic amines) is 1. The van der Waals surface area contributed by atoms with Crippen LogP contribution in [0.15, 0.2) is 24.3 Å². The number of aromatic nitrogens is 4. The second-order valence-electron chi connectivity index (χ2n) is 6.70. The van der Waals surface area contributed by atoms with Crippen LogP contribution in [0.5, 0.6) is 0 Å². The molecule has 0 N–H and O–H groups in total. The Morgan fingerprint density at radius 2 is 1.96 bits per heavy atom. The SMILES string of the molecule is CC1CCN(C(=O)[C@H](C)n2nnc(-c3cccc(C(F)(F)F)c3)n2)CC1. The molecule has 1 atom stereocenters. The van der Waals surface area contributed by atoms with Crippen LogP contribution in [0.2, 0.25) is 0 Å². The number of tetrazole rings is 1. The summed E-state index contributed by atoms with van der Waals surface area (Å²) in [5.41, 5.74) is -0.574. The lowest BCUT2D eigenvalue weighted by atomic mass is 9.99. The Kier molecular flexibility index (Phi) is 4.97. The molecule has 1 aromatic heterocycles. The minimum atomic E-state index is -4.44. The number of amides is 1. The Labute approximate surface area is 149 Å². The second-order valence-corrected chi connectivity index (χ2v) is 6.70. The molecule has 6 nitrogen and oxygen atoms in total. The van der Waals surface area contributed by atoms with Crippen LogP contribution in [0.25, 0.3) is 11.4 Å². The van der Waals surface area contributed by atoms with Gasteiger partial charge in [0.25, 0.3) is 0 Å². The Balaban J connectivity index is 1.76. The van der Waals surface area contributed by atoms with Gasteiger partial charge >= 0.3 is 6.18 Å². The molecule has 0 spiro atoms. The van der Waals surface area contributed by atoms with Crippen LogP contribution < -0.4 is 0 Å². The molecule has 2 aromatic rings. The van der Waals surface area contributed by atoms with Crippen LogP contribution in [0.1, 0.15) is 38.3 Å². The maximum atomic E-state index is 12.8. The van der Waals surface area contributed by atoms with E-state index in [2.05, 4.69) is 22.3 Å². The Hall–Kier alpha value is -2.45. The molecular weight excluding hydrogens is 347 g/mol. The van der Waals surface area contributed by atoms with Gasteiger partial charge < -0.3 is 4.90 Å². The molecule has 3 rings (SSSR count). The summed E-state index contributed by atoms with van der Waals surface area (Å²) < 4.78 is 38.5. The molecule has 0 saturated carbocycles. The molecule has 1 aliphatic rings. The number of benzene rings is 1. The van der Waals surface area contributed by atoms with Crippen molar-refractivity contribution < 1.29 is 18.0 Å². The van der Waals surface area contributed by atoms with Gasteiger partial charge in [-0.05, 0) is 43.0 Å². The van der Waals surface area contributed by atoms with Crippen LogP contribution in [0.4, 0.5) is 13.2 Å². The average Bonchev–Trinajstić information content (AvgIpc) is 3.10. The van der Waals surface area contributed by atoms with Gasteiger partial charge in [0.2, 0.25) is 11.7 Å². The first-order chi connectivity index (χ1) is 12.3. The lowest BCUT2D eigenvalue weighted by Crippen LogP contribution is -2.41. The highest BCUT2D eigenvalue weighted by Crippen LogP contribution is 2.31. The molecule has 0 aliphatic carbocycles. The number of alkyl halides is 3. The summed E-state index contributed by atoms with van der Waals surface area (Å²) in [6, 6.07) is 4.07.